The van der Waals surface area contributed by atoms with E-state index in [1.54, 1.807) is 6.92 Å². The fourth-order valence-corrected chi connectivity index (χ4v) is 4.68. The molecule has 0 aliphatic carbocycles. The Hall–Kier alpha value is -2.29. The Kier molecular flexibility index (Phi) is 5.83. The van der Waals surface area contributed by atoms with Crippen molar-refractivity contribution < 1.29 is 27.5 Å². The minimum absolute atomic E-state index is 0.0250. The number of oxime groups is 1. The van der Waals surface area contributed by atoms with Gasteiger partial charge < -0.3 is 14.7 Å². The van der Waals surface area contributed by atoms with Crippen LogP contribution in [0.3, 0.4) is 0 Å². The number of rotatable bonds is 5. The average Bonchev–Trinajstić information content (AvgIpc) is 2.73. The van der Waals surface area contributed by atoms with Crippen molar-refractivity contribution in [1.82, 2.24) is 0 Å². The van der Waals surface area contributed by atoms with Crippen LogP contribution in [0.5, 0.6) is 0 Å². The van der Waals surface area contributed by atoms with E-state index in [0.29, 0.717) is 42.9 Å². The highest BCUT2D eigenvalue weighted by molar-refractivity contribution is 7.91. The van der Waals surface area contributed by atoms with Crippen LogP contribution >= 0.6 is 0 Å². The number of halogens is 1. The van der Waals surface area contributed by atoms with Gasteiger partial charge in [0, 0.05) is 33.2 Å². The molecule has 0 aromatic heterocycles. The summed E-state index contributed by atoms with van der Waals surface area (Å²) in [6.07, 6.45) is 1.03. The van der Waals surface area contributed by atoms with Gasteiger partial charge in [-0.2, -0.15) is 0 Å². The van der Waals surface area contributed by atoms with Crippen LogP contribution < -0.4 is 0 Å². The van der Waals surface area contributed by atoms with Crippen molar-refractivity contribution in [3.63, 3.8) is 0 Å². The molecule has 1 fully saturated rings. The third-order valence-corrected chi connectivity index (χ3v) is 6.88. The SMILES string of the molecule is COC1(c2cc(F)cc(S(=O)(=O)c3ccc(/C(C)=N/O)cc3)c2)CCOCC1. The second-order valence-electron chi connectivity index (χ2n) is 6.70. The van der Waals surface area contributed by atoms with Crippen molar-refractivity contribution in [3.8, 4) is 0 Å². The second-order valence-corrected chi connectivity index (χ2v) is 8.65. The van der Waals surface area contributed by atoms with Crippen LogP contribution in [0.4, 0.5) is 4.39 Å². The van der Waals surface area contributed by atoms with Crippen LogP contribution in [0.2, 0.25) is 0 Å². The maximum absolute atomic E-state index is 14.4. The van der Waals surface area contributed by atoms with Crippen LogP contribution in [-0.2, 0) is 24.9 Å². The van der Waals surface area contributed by atoms with Gasteiger partial charge in [-0.15, -0.1) is 0 Å². The minimum Gasteiger partial charge on any atom is -0.411 e. The first kappa shape index (κ1) is 20.4. The monoisotopic (exact) mass is 407 g/mol. The lowest BCUT2D eigenvalue weighted by Crippen LogP contribution is -2.35. The van der Waals surface area contributed by atoms with Crippen molar-refractivity contribution in [2.75, 3.05) is 20.3 Å². The molecule has 1 N–H and O–H groups in total. The van der Waals surface area contributed by atoms with E-state index in [-0.39, 0.29) is 9.79 Å². The summed E-state index contributed by atoms with van der Waals surface area (Å²) in [6, 6.07) is 9.69. The van der Waals surface area contributed by atoms with Gasteiger partial charge in [-0.1, -0.05) is 17.3 Å². The molecule has 0 unspecified atom stereocenters. The van der Waals surface area contributed by atoms with Crippen LogP contribution in [0.1, 0.15) is 30.9 Å². The van der Waals surface area contributed by atoms with Gasteiger partial charge in [0.2, 0.25) is 9.84 Å². The summed E-state index contributed by atoms with van der Waals surface area (Å²) in [5.74, 6) is -0.640. The molecule has 0 saturated carbocycles. The largest absolute Gasteiger partial charge is 0.411 e. The Morgan fingerprint density at radius 3 is 2.36 bits per heavy atom. The summed E-state index contributed by atoms with van der Waals surface area (Å²) in [5, 5.41) is 11.9. The fraction of sp³-hybridized carbons (Fsp3) is 0.350. The zero-order valence-corrected chi connectivity index (χ0v) is 16.5. The quantitative estimate of drug-likeness (QED) is 0.466. The van der Waals surface area contributed by atoms with Crippen LogP contribution in [-0.4, -0.2) is 39.7 Å². The van der Waals surface area contributed by atoms with Crippen LogP contribution in [0.15, 0.2) is 57.4 Å². The first-order chi connectivity index (χ1) is 13.3. The molecule has 0 bridgehead atoms. The Bertz CT molecular complexity index is 980. The molecule has 6 nitrogen and oxygen atoms in total. The number of nitrogens with zero attached hydrogens (tertiary/aromatic N) is 1. The predicted octanol–water partition coefficient (Wildman–Crippen LogP) is 3.51. The van der Waals surface area contributed by atoms with Gasteiger partial charge in [0.05, 0.1) is 21.1 Å². The van der Waals surface area contributed by atoms with Crippen LogP contribution in [0, 0.1) is 5.82 Å². The van der Waals surface area contributed by atoms with Crippen molar-refractivity contribution in [2.45, 2.75) is 35.2 Å². The molecule has 2 aromatic rings. The van der Waals surface area contributed by atoms with E-state index in [4.69, 9.17) is 14.7 Å². The third kappa shape index (κ3) is 3.80. The van der Waals surface area contributed by atoms with E-state index in [1.165, 1.54) is 43.5 Å². The lowest BCUT2D eigenvalue weighted by molar-refractivity contribution is -0.0950. The zero-order chi connectivity index (χ0) is 20.4. The van der Waals surface area contributed by atoms with Gasteiger partial charge >= 0.3 is 0 Å². The fourth-order valence-electron chi connectivity index (χ4n) is 3.36. The van der Waals surface area contributed by atoms with Gasteiger partial charge in [0.1, 0.15) is 5.82 Å². The molecule has 150 valence electrons. The molecule has 0 atom stereocenters. The number of benzene rings is 2. The lowest BCUT2D eigenvalue weighted by atomic mass is 9.86. The van der Waals surface area contributed by atoms with Gasteiger partial charge in [0.25, 0.3) is 0 Å². The van der Waals surface area contributed by atoms with E-state index in [1.807, 2.05) is 0 Å². The molecule has 28 heavy (non-hydrogen) atoms. The van der Waals surface area contributed by atoms with E-state index in [9.17, 15) is 12.8 Å². The highest BCUT2D eigenvalue weighted by Gasteiger charge is 2.36. The van der Waals surface area contributed by atoms with E-state index >= 15 is 0 Å². The van der Waals surface area contributed by atoms with Crippen molar-refractivity contribution in [1.29, 1.82) is 0 Å². The maximum atomic E-state index is 14.4. The molecular weight excluding hydrogens is 385 g/mol. The molecule has 0 spiro atoms. The first-order valence-corrected chi connectivity index (χ1v) is 10.3. The zero-order valence-electron chi connectivity index (χ0n) is 15.7. The number of hydrogen-bond acceptors (Lipinski definition) is 6. The number of sulfone groups is 1. The van der Waals surface area contributed by atoms with E-state index < -0.39 is 21.3 Å². The van der Waals surface area contributed by atoms with E-state index in [2.05, 4.69) is 5.16 Å². The van der Waals surface area contributed by atoms with Gasteiger partial charge in [-0.25, -0.2) is 12.8 Å². The molecule has 1 aliphatic heterocycles. The highest BCUT2D eigenvalue weighted by atomic mass is 32.2. The van der Waals surface area contributed by atoms with Crippen LogP contribution in [0.25, 0.3) is 0 Å². The van der Waals surface area contributed by atoms with Crippen molar-refractivity contribution >= 4 is 15.5 Å². The third-order valence-electron chi connectivity index (χ3n) is 5.13. The molecule has 0 radical (unpaired) electrons. The lowest BCUT2D eigenvalue weighted by Gasteiger charge is -2.36. The summed E-state index contributed by atoms with van der Waals surface area (Å²) >= 11 is 0. The summed E-state index contributed by atoms with van der Waals surface area (Å²) in [6.45, 7) is 2.51. The van der Waals surface area contributed by atoms with Gasteiger partial charge in [-0.3, -0.25) is 0 Å². The topological polar surface area (TPSA) is 85.2 Å². The molecular formula is C20H22FNO5S. The molecule has 1 heterocycles. The molecule has 0 amide bonds. The minimum atomic E-state index is -3.94. The maximum Gasteiger partial charge on any atom is 0.206 e. The Morgan fingerprint density at radius 1 is 1.14 bits per heavy atom. The van der Waals surface area contributed by atoms with E-state index in [0.717, 1.165) is 6.07 Å². The molecule has 1 aliphatic rings. The second kappa shape index (κ2) is 7.98. The summed E-state index contributed by atoms with van der Waals surface area (Å²) < 4.78 is 51.5. The molecule has 2 aromatic carbocycles. The molecule has 1 saturated heterocycles. The first-order valence-electron chi connectivity index (χ1n) is 8.80. The number of hydrogen-bond donors (Lipinski definition) is 1. The normalized spacial score (nSPS) is 17.5. The predicted molar refractivity (Wildman–Crippen MR) is 101 cm³/mol. The van der Waals surface area contributed by atoms with Gasteiger partial charge in [0.15, 0.2) is 0 Å². The molecule has 3 rings (SSSR count). The Morgan fingerprint density at radius 2 is 1.79 bits per heavy atom. The summed E-state index contributed by atoms with van der Waals surface area (Å²) in [4.78, 5) is -0.109. The summed E-state index contributed by atoms with van der Waals surface area (Å²) in [7, 11) is -2.40. The van der Waals surface area contributed by atoms with Crippen molar-refractivity contribution in [2.24, 2.45) is 5.16 Å². The van der Waals surface area contributed by atoms with Gasteiger partial charge in [-0.05, 0) is 48.4 Å². The smallest absolute Gasteiger partial charge is 0.206 e. The molecule has 8 heteroatoms. The Labute approximate surface area is 163 Å². The van der Waals surface area contributed by atoms with Crippen molar-refractivity contribution in [3.05, 3.63) is 59.4 Å². The number of methoxy groups -OCH3 is 1. The highest BCUT2D eigenvalue weighted by Crippen LogP contribution is 2.37. The summed E-state index contributed by atoms with van der Waals surface area (Å²) in [5.41, 5.74) is 0.653. The Balaban J connectivity index is 2.04. The number of ether oxygens (including phenoxy) is 2. The standard InChI is InChI=1S/C20H22FNO5S/c1-14(22-23)15-3-5-18(6-4-15)28(24,25)19-12-16(11-17(21)13-19)20(26-2)7-9-27-10-8-20/h3-6,11-13,23H,7-10H2,1-2H3/b22-14+. The average molecular weight is 407 g/mol.